The fraction of sp³-hybridized carbons (Fsp3) is 0.429. The van der Waals surface area contributed by atoms with Gasteiger partial charge >= 0.3 is 6.18 Å². The Morgan fingerprint density at radius 2 is 1.93 bits per heavy atom. The maximum Gasteiger partial charge on any atom is 0.433 e. The van der Waals surface area contributed by atoms with Crippen LogP contribution in [0.15, 0.2) is 36.4 Å². The van der Waals surface area contributed by atoms with E-state index in [1.165, 1.54) is 4.90 Å². The lowest BCUT2D eigenvalue weighted by Gasteiger charge is -2.20. The summed E-state index contributed by atoms with van der Waals surface area (Å²) in [5, 5.41) is 0. The molecule has 8 heteroatoms. The molecule has 1 aromatic carbocycles. The van der Waals surface area contributed by atoms with Gasteiger partial charge < -0.3 is 14.4 Å². The highest BCUT2D eigenvalue weighted by Crippen LogP contribution is 2.32. The zero-order valence-corrected chi connectivity index (χ0v) is 16.2. The lowest BCUT2D eigenvalue weighted by Crippen LogP contribution is -2.27. The number of anilines is 1. The van der Waals surface area contributed by atoms with E-state index in [-0.39, 0.29) is 30.2 Å². The summed E-state index contributed by atoms with van der Waals surface area (Å²) in [7, 11) is 0. The maximum absolute atomic E-state index is 14.0. The van der Waals surface area contributed by atoms with Gasteiger partial charge in [-0.05, 0) is 42.7 Å². The van der Waals surface area contributed by atoms with E-state index in [0.29, 0.717) is 31.2 Å². The summed E-state index contributed by atoms with van der Waals surface area (Å²) in [5.74, 6) is -0.243. The van der Waals surface area contributed by atoms with Crippen LogP contribution < -0.4 is 9.64 Å². The van der Waals surface area contributed by atoms with Gasteiger partial charge in [0.05, 0.1) is 6.54 Å². The smallest absolute Gasteiger partial charge is 0.433 e. The van der Waals surface area contributed by atoms with Gasteiger partial charge in [-0.3, -0.25) is 0 Å². The van der Waals surface area contributed by atoms with E-state index in [0.717, 1.165) is 11.6 Å². The highest BCUT2D eigenvalue weighted by molar-refractivity contribution is 5.76. The fourth-order valence-electron chi connectivity index (χ4n) is 3.44. The first kappa shape index (κ1) is 21.1. The molecule has 2 aromatic rings. The predicted molar refractivity (Wildman–Crippen MR) is 101 cm³/mol. The van der Waals surface area contributed by atoms with Gasteiger partial charge in [-0.25, -0.2) is 9.37 Å². The van der Waals surface area contributed by atoms with E-state index < -0.39 is 17.7 Å². The monoisotopic (exact) mass is 410 g/mol. The predicted octanol–water partition coefficient (Wildman–Crippen LogP) is 4.98. The number of nitrogens with zero attached hydrogens (tertiary/aromatic N) is 2. The van der Waals surface area contributed by atoms with Crippen molar-refractivity contribution in [3.8, 4) is 5.75 Å². The summed E-state index contributed by atoms with van der Waals surface area (Å²) >= 11 is 0. The number of carbonyl (C=O) groups excluding carboxylic acids is 1. The number of alkyl halides is 3. The minimum absolute atomic E-state index is 0.110. The van der Waals surface area contributed by atoms with Crippen molar-refractivity contribution in [2.45, 2.75) is 44.9 Å². The Bertz CT molecular complexity index is 868. The topological polar surface area (TPSA) is 42.4 Å². The molecule has 2 atom stereocenters. The largest absolute Gasteiger partial charge is 0.489 e. The van der Waals surface area contributed by atoms with Gasteiger partial charge in [0.1, 0.15) is 23.3 Å². The van der Waals surface area contributed by atoms with E-state index >= 15 is 0 Å². The second-order valence-electron chi connectivity index (χ2n) is 7.35. The van der Waals surface area contributed by atoms with Crippen LogP contribution in [0.2, 0.25) is 0 Å². The SMILES string of the molecule is CC(=O)C[C@@H](C)c1ccc(OC2CCN(c3nc(C(F)(F)F)ccc3F)C2)cc1. The van der Waals surface area contributed by atoms with Crippen LogP contribution in [-0.4, -0.2) is 30.0 Å². The third-order valence-electron chi connectivity index (χ3n) is 4.91. The molecule has 1 aromatic heterocycles. The minimum Gasteiger partial charge on any atom is -0.489 e. The number of rotatable bonds is 6. The zero-order chi connectivity index (χ0) is 21.2. The summed E-state index contributed by atoms with van der Waals surface area (Å²) in [4.78, 5) is 16.2. The van der Waals surface area contributed by atoms with E-state index in [9.17, 15) is 22.4 Å². The molecule has 156 valence electrons. The van der Waals surface area contributed by atoms with Crippen molar-refractivity contribution in [1.82, 2.24) is 4.98 Å². The summed E-state index contributed by atoms with van der Waals surface area (Å²) in [6.07, 6.45) is -3.90. The van der Waals surface area contributed by atoms with Gasteiger partial charge in [-0.1, -0.05) is 19.1 Å². The zero-order valence-electron chi connectivity index (χ0n) is 16.2. The third kappa shape index (κ3) is 5.25. The lowest BCUT2D eigenvalue weighted by atomic mass is 9.96. The number of carbonyl (C=O) groups is 1. The number of Topliss-reactive ketones (excluding diaryl/α,β-unsaturated/α-hetero) is 1. The van der Waals surface area contributed by atoms with E-state index in [4.69, 9.17) is 4.74 Å². The number of halogens is 4. The Kier molecular flexibility index (Phi) is 6.10. The number of aromatic nitrogens is 1. The third-order valence-corrected chi connectivity index (χ3v) is 4.91. The molecule has 1 aliphatic heterocycles. The van der Waals surface area contributed by atoms with Gasteiger partial charge in [0.25, 0.3) is 0 Å². The van der Waals surface area contributed by atoms with Gasteiger partial charge in [0.15, 0.2) is 11.6 Å². The number of ether oxygens (including phenoxy) is 1. The number of hydrogen-bond donors (Lipinski definition) is 0. The Balaban J connectivity index is 1.64. The molecule has 1 unspecified atom stereocenters. The molecule has 0 amide bonds. The first-order valence-corrected chi connectivity index (χ1v) is 9.38. The number of ketones is 1. The van der Waals surface area contributed by atoms with Crippen molar-refractivity contribution in [3.63, 3.8) is 0 Å². The van der Waals surface area contributed by atoms with Crippen LogP contribution in [0.5, 0.6) is 5.75 Å². The summed E-state index contributed by atoms with van der Waals surface area (Å²) < 4.78 is 58.5. The van der Waals surface area contributed by atoms with E-state index in [2.05, 4.69) is 4.98 Å². The second-order valence-corrected chi connectivity index (χ2v) is 7.35. The molecule has 29 heavy (non-hydrogen) atoms. The minimum atomic E-state index is -4.63. The maximum atomic E-state index is 14.0. The molecule has 0 bridgehead atoms. The molecule has 0 saturated carbocycles. The molecule has 0 N–H and O–H groups in total. The highest BCUT2D eigenvalue weighted by atomic mass is 19.4. The Morgan fingerprint density at radius 3 is 2.55 bits per heavy atom. The molecule has 0 aliphatic carbocycles. The van der Waals surface area contributed by atoms with Crippen LogP contribution >= 0.6 is 0 Å². The quantitative estimate of drug-likeness (QED) is 0.630. The first-order valence-electron chi connectivity index (χ1n) is 9.38. The number of hydrogen-bond acceptors (Lipinski definition) is 4. The molecule has 3 rings (SSSR count). The van der Waals surface area contributed by atoms with Crippen LogP contribution in [0.25, 0.3) is 0 Å². The summed E-state index contributed by atoms with van der Waals surface area (Å²) in [6, 6.07) is 8.82. The molecule has 1 fully saturated rings. The van der Waals surface area contributed by atoms with Crippen LogP contribution in [0.1, 0.15) is 43.9 Å². The Labute approximate surface area is 166 Å². The average Bonchev–Trinajstić information content (AvgIpc) is 3.09. The van der Waals surface area contributed by atoms with Crippen LogP contribution in [0.4, 0.5) is 23.4 Å². The standard InChI is InChI=1S/C21H22F4N2O2/c1-13(11-14(2)28)15-3-5-16(6-4-15)29-17-9-10-27(12-17)20-18(22)7-8-19(26-20)21(23,24)25/h3-8,13,17H,9-12H2,1-2H3/t13-,17?/m1/s1. The van der Waals surface area contributed by atoms with Crippen molar-refractivity contribution in [1.29, 1.82) is 0 Å². The van der Waals surface area contributed by atoms with Gasteiger partial charge in [-0.15, -0.1) is 0 Å². The van der Waals surface area contributed by atoms with Crippen molar-refractivity contribution in [2.75, 3.05) is 18.0 Å². The summed E-state index contributed by atoms with van der Waals surface area (Å²) in [5.41, 5.74) is -0.0932. The molecule has 1 aliphatic rings. The van der Waals surface area contributed by atoms with Gasteiger partial charge in [-0.2, -0.15) is 13.2 Å². The molecule has 0 spiro atoms. The Hall–Kier alpha value is -2.64. The van der Waals surface area contributed by atoms with Crippen molar-refractivity contribution in [3.05, 3.63) is 53.5 Å². The van der Waals surface area contributed by atoms with Crippen LogP contribution in [-0.2, 0) is 11.0 Å². The fourth-order valence-corrected chi connectivity index (χ4v) is 3.44. The van der Waals surface area contributed by atoms with Crippen molar-refractivity contribution in [2.24, 2.45) is 0 Å². The van der Waals surface area contributed by atoms with E-state index in [1.807, 2.05) is 19.1 Å². The molecule has 4 nitrogen and oxygen atoms in total. The summed E-state index contributed by atoms with van der Waals surface area (Å²) in [6.45, 7) is 4.13. The average molecular weight is 410 g/mol. The van der Waals surface area contributed by atoms with Crippen LogP contribution in [0, 0.1) is 5.82 Å². The molecule has 1 saturated heterocycles. The number of benzene rings is 1. The van der Waals surface area contributed by atoms with Crippen molar-refractivity contribution >= 4 is 11.6 Å². The second kappa shape index (κ2) is 8.39. The lowest BCUT2D eigenvalue weighted by molar-refractivity contribution is -0.141. The van der Waals surface area contributed by atoms with Gasteiger partial charge in [0, 0.05) is 19.4 Å². The van der Waals surface area contributed by atoms with Crippen molar-refractivity contribution < 1.29 is 27.1 Å². The number of pyridine rings is 1. The Morgan fingerprint density at radius 1 is 1.24 bits per heavy atom. The molecular formula is C21H22F4N2O2. The highest BCUT2D eigenvalue weighted by Gasteiger charge is 2.35. The van der Waals surface area contributed by atoms with Gasteiger partial charge in [0.2, 0.25) is 0 Å². The first-order chi connectivity index (χ1) is 13.6. The van der Waals surface area contributed by atoms with E-state index in [1.54, 1.807) is 19.1 Å². The molecule has 0 radical (unpaired) electrons. The molecule has 2 heterocycles. The normalized spacial score (nSPS) is 18.0. The van der Waals surface area contributed by atoms with Crippen LogP contribution in [0.3, 0.4) is 0 Å². The molecular weight excluding hydrogens is 388 g/mol.